The lowest BCUT2D eigenvalue weighted by molar-refractivity contribution is 0.0704. The van der Waals surface area contributed by atoms with Gasteiger partial charge in [0, 0.05) is 25.1 Å². The third-order valence-electron chi connectivity index (χ3n) is 5.02. The van der Waals surface area contributed by atoms with Crippen LogP contribution in [0.5, 0.6) is 5.75 Å². The summed E-state index contributed by atoms with van der Waals surface area (Å²) in [4.78, 5) is 23.9. The summed E-state index contributed by atoms with van der Waals surface area (Å²) >= 11 is 3.61. The molecule has 1 aliphatic heterocycles. The van der Waals surface area contributed by atoms with E-state index in [1.54, 1.807) is 12.4 Å². The van der Waals surface area contributed by atoms with E-state index >= 15 is 0 Å². The fourth-order valence-electron chi connectivity index (χ4n) is 3.61. The van der Waals surface area contributed by atoms with Gasteiger partial charge in [0.2, 0.25) is 0 Å². The number of nitrogens with zero attached hydrogens (tertiary/aromatic N) is 4. The molecule has 4 rings (SSSR count). The number of halogens is 1. The van der Waals surface area contributed by atoms with Gasteiger partial charge in [-0.1, -0.05) is 0 Å². The number of imidazole rings is 1. The summed E-state index contributed by atoms with van der Waals surface area (Å²) in [5.41, 5.74) is 3.59. The van der Waals surface area contributed by atoms with Crippen molar-refractivity contribution in [3.63, 3.8) is 0 Å². The first-order chi connectivity index (χ1) is 13.9. The predicted octanol–water partition coefficient (Wildman–Crippen LogP) is 4.13. The van der Waals surface area contributed by atoms with Crippen molar-refractivity contribution in [2.45, 2.75) is 40.0 Å². The van der Waals surface area contributed by atoms with E-state index in [-0.39, 0.29) is 12.0 Å². The number of carbonyl (C=O) groups is 1. The van der Waals surface area contributed by atoms with Crippen molar-refractivity contribution in [1.82, 2.24) is 19.4 Å². The number of amides is 1. The van der Waals surface area contributed by atoms with Crippen LogP contribution in [-0.4, -0.2) is 38.0 Å². The molecular formula is C22H23BrN4O2. The number of aryl methyl sites for hydroxylation is 2. The second-order valence-electron chi connectivity index (χ2n) is 7.50. The first-order valence-corrected chi connectivity index (χ1v) is 10.4. The molecule has 2 aromatic heterocycles. The number of pyridine rings is 1. The van der Waals surface area contributed by atoms with Crippen molar-refractivity contribution < 1.29 is 9.53 Å². The Hall–Kier alpha value is -2.67. The molecule has 6 nitrogen and oxygen atoms in total. The SMILES string of the molecule is Cc1ccnc(CN2C[C@H](C)Oc3c(Br)cc(Cn4ccnc4C)cc3C2=O)c1. The van der Waals surface area contributed by atoms with Crippen molar-refractivity contribution in [1.29, 1.82) is 0 Å². The molecular weight excluding hydrogens is 432 g/mol. The van der Waals surface area contributed by atoms with Gasteiger partial charge in [0.25, 0.3) is 5.91 Å². The maximum absolute atomic E-state index is 13.4. The Morgan fingerprint density at radius 1 is 1.17 bits per heavy atom. The number of carbonyl (C=O) groups excluding carboxylic acids is 1. The number of ether oxygens (including phenoxy) is 1. The highest BCUT2D eigenvalue weighted by atomic mass is 79.9. The number of hydrogen-bond acceptors (Lipinski definition) is 4. The molecule has 0 N–H and O–H groups in total. The van der Waals surface area contributed by atoms with Crippen LogP contribution in [0.3, 0.4) is 0 Å². The first kappa shape index (κ1) is 19.6. The zero-order chi connectivity index (χ0) is 20.5. The summed E-state index contributed by atoms with van der Waals surface area (Å²) in [7, 11) is 0. The Morgan fingerprint density at radius 2 is 2.00 bits per heavy atom. The second-order valence-corrected chi connectivity index (χ2v) is 8.35. The highest BCUT2D eigenvalue weighted by molar-refractivity contribution is 9.10. The van der Waals surface area contributed by atoms with E-state index < -0.39 is 0 Å². The Bertz CT molecular complexity index is 1060. The molecule has 3 heterocycles. The molecule has 1 amide bonds. The van der Waals surface area contributed by atoms with Gasteiger partial charge in [-0.3, -0.25) is 9.78 Å². The predicted molar refractivity (Wildman–Crippen MR) is 114 cm³/mol. The van der Waals surface area contributed by atoms with Crippen LogP contribution in [0.4, 0.5) is 0 Å². The third-order valence-corrected chi connectivity index (χ3v) is 5.61. The van der Waals surface area contributed by atoms with Gasteiger partial charge in [-0.05, 0) is 72.1 Å². The Kier molecular flexibility index (Phi) is 5.41. The van der Waals surface area contributed by atoms with Crippen LogP contribution in [-0.2, 0) is 13.1 Å². The van der Waals surface area contributed by atoms with E-state index in [0.717, 1.165) is 27.1 Å². The van der Waals surface area contributed by atoms with Crippen LogP contribution in [0.1, 0.15) is 39.9 Å². The van der Waals surface area contributed by atoms with Crippen LogP contribution in [0.15, 0.2) is 47.3 Å². The van der Waals surface area contributed by atoms with E-state index in [1.807, 2.05) is 60.7 Å². The second kappa shape index (κ2) is 7.99. The van der Waals surface area contributed by atoms with Gasteiger partial charge in [-0.25, -0.2) is 4.98 Å². The molecule has 0 aliphatic carbocycles. The quantitative estimate of drug-likeness (QED) is 0.594. The molecule has 7 heteroatoms. The molecule has 1 aliphatic rings. The molecule has 0 unspecified atom stereocenters. The lowest BCUT2D eigenvalue weighted by Crippen LogP contribution is -2.35. The van der Waals surface area contributed by atoms with Gasteiger partial charge < -0.3 is 14.2 Å². The maximum Gasteiger partial charge on any atom is 0.258 e. The third kappa shape index (κ3) is 4.19. The number of rotatable bonds is 4. The normalized spacial score (nSPS) is 16.3. The van der Waals surface area contributed by atoms with E-state index in [9.17, 15) is 4.79 Å². The molecule has 1 atom stereocenters. The van der Waals surface area contributed by atoms with Crippen LogP contribution < -0.4 is 4.74 Å². The summed E-state index contributed by atoms with van der Waals surface area (Å²) in [5.74, 6) is 1.49. The lowest BCUT2D eigenvalue weighted by Gasteiger charge is -2.22. The molecule has 0 spiro atoms. The molecule has 29 heavy (non-hydrogen) atoms. The van der Waals surface area contributed by atoms with Crippen LogP contribution >= 0.6 is 15.9 Å². The average Bonchev–Trinajstić information content (AvgIpc) is 3.02. The summed E-state index contributed by atoms with van der Waals surface area (Å²) in [6, 6.07) is 7.90. The number of aromatic nitrogens is 3. The van der Waals surface area contributed by atoms with E-state index in [1.165, 1.54) is 0 Å². The van der Waals surface area contributed by atoms with Crippen LogP contribution in [0.25, 0.3) is 0 Å². The molecule has 1 aromatic carbocycles. The molecule has 0 saturated carbocycles. The van der Waals surface area contributed by atoms with E-state index in [2.05, 4.69) is 25.9 Å². The zero-order valence-electron chi connectivity index (χ0n) is 16.7. The topological polar surface area (TPSA) is 60.3 Å². The van der Waals surface area contributed by atoms with Crippen molar-refractivity contribution in [2.75, 3.05) is 6.54 Å². The van der Waals surface area contributed by atoms with Gasteiger partial charge in [0.15, 0.2) is 0 Å². The number of hydrogen-bond donors (Lipinski definition) is 0. The van der Waals surface area contributed by atoms with Crippen LogP contribution in [0, 0.1) is 13.8 Å². The number of benzene rings is 1. The summed E-state index contributed by atoms with van der Waals surface area (Å²) in [6.07, 6.45) is 5.37. The van der Waals surface area contributed by atoms with Crippen LogP contribution in [0.2, 0.25) is 0 Å². The van der Waals surface area contributed by atoms with Crippen molar-refractivity contribution >= 4 is 21.8 Å². The van der Waals surface area contributed by atoms with Gasteiger partial charge in [0.1, 0.15) is 17.7 Å². The highest BCUT2D eigenvalue weighted by Gasteiger charge is 2.29. The van der Waals surface area contributed by atoms with Gasteiger partial charge in [-0.15, -0.1) is 0 Å². The molecule has 3 aromatic rings. The monoisotopic (exact) mass is 454 g/mol. The first-order valence-electron chi connectivity index (χ1n) is 9.58. The van der Waals surface area contributed by atoms with E-state index in [0.29, 0.717) is 30.9 Å². The van der Waals surface area contributed by atoms with Crippen molar-refractivity contribution in [2.24, 2.45) is 0 Å². The smallest absolute Gasteiger partial charge is 0.258 e. The van der Waals surface area contributed by atoms with Crippen molar-refractivity contribution in [3.8, 4) is 5.75 Å². The zero-order valence-corrected chi connectivity index (χ0v) is 18.3. The van der Waals surface area contributed by atoms with Crippen molar-refractivity contribution in [3.05, 3.63) is 75.5 Å². The number of fused-ring (bicyclic) bond motifs is 1. The van der Waals surface area contributed by atoms with Gasteiger partial charge >= 0.3 is 0 Å². The summed E-state index contributed by atoms with van der Waals surface area (Å²) < 4.78 is 8.95. The standard InChI is InChI=1S/C22H23BrN4O2/c1-14-4-5-25-18(8-14)13-27-11-15(2)29-21-19(22(27)28)9-17(10-20(21)23)12-26-7-6-24-16(26)3/h4-10,15H,11-13H2,1-3H3/t15-/m0/s1. The van der Waals surface area contributed by atoms with E-state index in [4.69, 9.17) is 4.74 Å². The Labute approximate surface area is 178 Å². The minimum Gasteiger partial charge on any atom is -0.487 e. The fraction of sp³-hybridized carbons (Fsp3) is 0.318. The minimum atomic E-state index is -0.122. The fourth-order valence-corrected chi connectivity index (χ4v) is 4.21. The molecule has 0 radical (unpaired) electrons. The maximum atomic E-state index is 13.4. The van der Waals surface area contributed by atoms with Gasteiger partial charge in [-0.2, -0.15) is 0 Å². The molecule has 0 fully saturated rings. The summed E-state index contributed by atoms with van der Waals surface area (Å²) in [5, 5.41) is 0. The minimum absolute atomic E-state index is 0.0439. The van der Waals surface area contributed by atoms with Gasteiger partial charge in [0.05, 0.1) is 28.8 Å². The highest BCUT2D eigenvalue weighted by Crippen LogP contribution is 2.35. The largest absolute Gasteiger partial charge is 0.487 e. The average molecular weight is 455 g/mol. The molecule has 0 bridgehead atoms. The Morgan fingerprint density at radius 3 is 2.72 bits per heavy atom. The molecule has 0 saturated heterocycles. The lowest BCUT2D eigenvalue weighted by atomic mass is 10.1. The summed E-state index contributed by atoms with van der Waals surface area (Å²) in [6.45, 7) is 7.57. The molecule has 150 valence electrons. The Balaban J connectivity index is 1.68.